The molecule has 1 amide bonds. The first-order valence-electron chi connectivity index (χ1n) is 11.1. The van der Waals surface area contributed by atoms with E-state index in [9.17, 15) is 9.59 Å². The third kappa shape index (κ3) is 3.37. The number of rotatable bonds is 3. The number of fused-ring (bicyclic) bond motifs is 4. The van der Waals surface area contributed by atoms with Gasteiger partial charge in [0.05, 0.1) is 18.7 Å². The van der Waals surface area contributed by atoms with Crippen LogP contribution in [0.3, 0.4) is 0 Å². The van der Waals surface area contributed by atoms with Gasteiger partial charge in [-0.2, -0.15) is 0 Å². The van der Waals surface area contributed by atoms with Gasteiger partial charge >= 0.3 is 0 Å². The van der Waals surface area contributed by atoms with E-state index >= 15 is 0 Å². The summed E-state index contributed by atoms with van der Waals surface area (Å²) in [7, 11) is 0. The SMILES string of the molecule is CCc1nc(C)c(CC(=O)N2CCC3(CC2)OCCc2c3[nH]c3ccccc23)c(=O)[nH]1. The highest BCUT2D eigenvalue weighted by molar-refractivity contribution is 5.85. The topological polar surface area (TPSA) is 91.1 Å². The van der Waals surface area contributed by atoms with Gasteiger partial charge in [0.25, 0.3) is 5.56 Å². The van der Waals surface area contributed by atoms with Crippen molar-refractivity contribution in [3.63, 3.8) is 0 Å². The molecule has 0 saturated carbocycles. The first-order valence-corrected chi connectivity index (χ1v) is 11.1. The second kappa shape index (κ2) is 7.64. The molecule has 2 N–H and O–H groups in total. The molecule has 2 aliphatic rings. The van der Waals surface area contributed by atoms with Gasteiger partial charge in [0, 0.05) is 41.7 Å². The Morgan fingerprint density at radius 1 is 1.23 bits per heavy atom. The molecule has 2 aromatic heterocycles. The summed E-state index contributed by atoms with van der Waals surface area (Å²) in [6, 6.07) is 8.40. The van der Waals surface area contributed by atoms with Crippen LogP contribution in [-0.4, -0.2) is 45.5 Å². The number of para-hydroxylation sites is 1. The van der Waals surface area contributed by atoms with E-state index < -0.39 is 0 Å². The molecule has 1 aromatic carbocycles. The van der Waals surface area contributed by atoms with Crippen molar-refractivity contribution in [2.45, 2.75) is 51.6 Å². The molecule has 5 rings (SSSR count). The van der Waals surface area contributed by atoms with Crippen LogP contribution in [0.15, 0.2) is 29.1 Å². The van der Waals surface area contributed by atoms with Crippen molar-refractivity contribution < 1.29 is 9.53 Å². The van der Waals surface area contributed by atoms with Crippen LogP contribution in [0.25, 0.3) is 10.9 Å². The molecule has 7 nitrogen and oxygen atoms in total. The third-order valence-electron chi connectivity index (χ3n) is 6.86. The number of benzene rings is 1. The Kier molecular flexibility index (Phi) is 4.93. The largest absolute Gasteiger partial charge is 0.368 e. The molecule has 0 unspecified atom stereocenters. The first kappa shape index (κ1) is 20.0. The minimum Gasteiger partial charge on any atom is -0.368 e. The van der Waals surface area contributed by atoms with Gasteiger partial charge in [-0.3, -0.25) is 9.59 Å². The van der Waals surface area contributed by atoms with E-state index in [0.717, 1.165) is 24.8 Å². The molecule has 7 heteroatoms. The minimum atomic E-state index is -0.360. The maximum atomic E-state index is 13.0. The van der Waals surface area contributed by atoms with Crippen molar-refractivity contribution in [3.05, 3.63) is 63.0 Å². The summed E-state index contributed by atoms with van der Waals surface area (Å²) < 4.78 is 6.34. The van der Waals surface area contributed by atoms with Crippen LogP contribution >= 0.6 is 0 Å². The zero-order valence-electron chi connectivity index (χ0n) is 18.1. The van der Waals surface area contributed by atoms with Crippen molar-refractivity contribution in [2.75, 3.05) is 19.7 Å². The lowest BCUT2D eigenvalue weighted by Crippen LogP contribution is -2.49. The average molecular weight is 421 g/mol. The van der Waals surface area contributed by atoms with Gasteiger partial charge in [0.1, 0.15) is 11.4 Å². The Bertz CT molecular complexity index is 1200. The normalized spacial score (nSPS) is 17.8. The number of aryl methyl sites for hydroxylation is 2. The number of nitrogens with one attached hydrogen (secondary N) is 2. The number of aromatic nitrogens is 3. The molecule has 3 aromatic rings. The molecule has 1 fully saturated rings. The molecule has 4 heterocycles. The fraction of sp³-hybridized carbons (Fsp3) is 0.458. The lowest BCUT2D eigenvalue weighted by molar-refractivity contribution is -0.140. The number of carbonyl (C=O) groups is 1. The summed E-state index contributed by atoms with van der Waals surface area (Å²) in [6.07, 6.45) is 3.16. The average Bonchev–Trinajstić information content (AvgIpc) is 3.17. The van der Waals surface area contributed by atoms with Crippen LogP contribution in [0.5, 0.6) is 0 Å². The molecule has 31 heavy (non-hydrogen) atoms. The lowest BCUT2D eigenvalue weighted by Gasteiger charge is -2.43. The van der Waals surface area contributed by atoms with Crippen molar-refractivity contribution in [1.29, 1.82) is 0 Å². The molecule has 0 atom stereocenters. The standard InChI is InChI=1S/C24H28N4O3/c1-3-20-25-15(2)18(23(30)27-20)14-21(29)28-11-9-24(10-12-28)22-17(8-13-31-24)16-6-4-5-7-19(16)26-22/h4-7,26H,3,8-14H2,1-2H3,(H,25,27,30). The Labute approximate surface area is 180 Å². The molecule has 2 aliphatic heterocycles. The number of ether oxygens (including phenoxy) is 1. The summed E-state index contributed by atoms with van der Waals surface area (Å²) >= 11 is 0. The second-order valence-electron chi connectivity index (χ2n) is 8.60. The van der Waals surface area contributed by atoms with E-state index in [0.29, 0.717) is 43.2 Å². The van der Waals surface area contributed by atoms with Crippen molar-refractivity contribution in [1.82, 2.24) is 19.9 Å². The zero-order chi connectivity index (χ0) is 21.6. The van der Waals surface area contributed by atoms with E-state index in [-0.39, 0.29) is 23.5 Å². The Morgan fingerprint density at radius 3 is 2.74 bits per heavy atom. The molecule has 1 spiro atoms. The maximum absolute atomic E-state index is 13.0. The number of nitrogens with zero attached hydrogens (tertiary/aromatic N) is 2. The summed E-state index contributed by atoms with van der Waals surface area (Å²) in [6.45, 7) is 5.68. The lowest BCUT2D eigenvalue weighted by atomic mass is 9.83. The predicted molar refractivity (Wildman–Crippen MR) is 118 cm³/mol. The monoisotopic (exact) mass is 420 g/mol. The summed E-state index contributed by atoms with van der Waals surface area (Å²) in [5, 5.41) is 1.27. The van der Waals surface area contributed by atoms with Gasteiger partial charge in [0.2, 0.25) is 5.91 Å². The Balaban J connectivity index is 1.34. The highest BCUT2D eigenvalue weighted by Crippen LogP contribution is 2.43. The molecular formula is C24H28N4O3. The highest BCUT2D eigenvalue weighted by Gasteiger charge is 2.43. The van der Waals surface area contributed by atoms with Crippen LogP contribution in [0.4, 0.5) is 0 Å². The van der Waals surface area contributed by atoms with Crippen LogP contribution in [0.2, 0.25) is 0 Å². The number of likely N-dealkylation sites (tertiary alicyclic amines) is 1. The van der Waals surface area contributed by atoms with Crippen LogP contribution < -0.4 is 5.56 Å². The van der Waals surface area contributed by atoms with E-state index in [1.54, 1.807) is 6.92 Å². The number of piperidine rings is 1. The molecule has 0 aliphatic carbocycles. The first-order chi connectivity index (χ1) is 15.0. The quantitative estimate of drug-likeness (QED) is 0.682. The smallest absolute Gasteiger partial charge is 0.254 e. The third-order valence-corrected chi connectivity index (χ3v) is 6.86. The summed E-state index contributed by atoms with van der Waals surface area (Å²) in [5.41, 5.74) is 4.22. The second-order valence-corrected chi connectivity index (χ2v) is 8.60. The minimum absolute atomic E-state index is 0.0258. The van der Waals surface area contributed by atoms with Crippen molar-refractivity contribution >= 4 is 16.8 Å². The van der Waals surface area contributed by atoms with Gasteiger partial charge in [-0.25, -0.2) is 4.98 Å². The number of hydrogen-bond acceptors (Lipinski definition) is 4. The maximum Gasteiger partial charge on any atom is 0.254 e. The predicted octanol–water partition coefficient (Wildman–Crippen LogP) is 2.76. The fourth-order valence-electron chi connectivity index (χ4n) is 5.09. The molecule has 0 bridgehead atoms. The highest BCUT2D eigenvalue weighted by atomic mass is 16.5. The van der Waals surface area contributed by atoms with Gasteiger partial charge in [-0.05, 0) is 37.8 Å². The number of carbonyl (C=O) groups excluding carboxylic acids is 1. The molecule has 1 saturated heterocycles. The van der Waals surface area contributed by atoms with Gasteiger partial charge in [0.15, 0.2) is 0 Å². The van der Waals surface area contributed by atoms with E-state index in [4.69, 9.17) is 4.74 Å². The fourth-order valence-corrected chi connectivity index (χ4v) is 5.09. The van der Waals surface area contributed by atoms with Crippen LogP contribution in [0.1, 0.15) is 48.1 Å². The Morgan fingerprint density at radius 2 is 2.00 bits per heavy atom. The van der Waals surface area contributed by atoms with Gasteiger partial charge in [-0.1, -0.05) is 25.1 Å². The van der Waals surface area contributed by atoms with E-state index in [1.165, 1.54) is 16.6 Å². The van der Waals surface area contributed by atoms with E-state index in [1.807, 2.05) is 17.9 Å². The molecular weight excluding hydrogens is 392 g/mol. The number of amides is 1. The Hall–Kier alpha value is -2.93. The number of H-pyrrole nitrogens is 2. The van der Waals surface area contributed by atoms with Gasteiger partial charge in [-0.15, -0.1) is 0 Å². The van der Waals surface area contributed by atoms with E-state index in [2.05, 4.69) is 33.2 Å². The van der Waals surface area contributed by atoms with Crippen molar-refractivity contribution in [3.8, 4) is 0 Å². The number of aromatic amines is 2. The summed E-state index contributed by atoms with van der Waals surface area (Å²) in [5.74, 6) is 0.629. The zero-order valence-corrected chi connectivity index (χ0v) is 18.1. The summed E-state index contributed by atoms with van der Waals surface area (Å²) in [4.78, 5) is 38.1. The van der Waals surface area contributed by atoms with Crippen molar-refractivity contribution in [2.24, 2.45) is 0 Å². The van der Waals surface area contributed by atoms with Gasteiger partial charge < -0.3 is 19.6 Å². The van der Waals surface area contributed by atoms with Crippen LogP contribution in [-0.2, 0) is 34.4 Å². The number of hydrogen-bond donors (Lipinski definition) is 2. The van der Waals surface area contributed by atoms with Crippen LogP contribution in [0, 0.1) is 6.92 Å². The molecule has 162 valence electrons. The molecule has 0 radical (unpaired) electrons.